The van der Waals surface area contributed by atoms with E-state index >= 15 is 0 Å². The van der Waals surface area contributed by atoms with Crippen molar-refractivity contribution in [3.05, 3.63) is 64.2 Å². The van der Waals surface area contributed by atoms with Gasteiger partial charge in [0.05, 0.1) is 5.56 Å². The summed E-state index contributed by atoms with van der Waals surface area (Å²) in [4.78, 5) is 12.3. The number of carbonyl (C=O) groups excluding carboxylic acids is 1. The standard InChI is InChI=1S/C16H11ClF4O2/c1-16(2,15(22)10-4-3-9(18)7-11(10)19)23-14-12(20)5-8(17)6-13(14)21/h3-7H,1-2H3. The minimum Gasteiger partial charge on any atom is -0.474 e. The summed E-state index contributed by atoms with van der Waals surface area (Å²) >= 11 is 5.50. The summed E-state index contributed by atoms with van der Waals surface area (Å²) in [6.45, 7) is 2.43. The van der Waals surface area contributed by atoms with E-state index in [1.807, 2.05) is 0 Å². The maximum atomic E-state index is 13.8. The first-order valence-electron chi connectivity index (χ1n) is 6.45. The molecule has 2 rings (SSSR count). The van der Waals surface area contributed by atoms with Gasteiger partial charge < -0.3 is 4.74 Å². The Morgan fingerprint density at radius 3 is 2.09 bits per heavy atom. The average molecular weight is 347 g/mol. The number of benzene rings is 2. The molecule has 0 aliphatic carbocycles. The van der Waals surface area contributed by atoms with E-state index in [-0.39, 0.29) is 5.02 Å². The fourth-order valence-electron chi connectivity index (χ4n) is 1.93. The van der Waals surface area contributed by atoms with Gasteiger partial charge >= 0.3 is 0 Å². The molecule has 0 amide bonds. The Morgan fingerprint density at radius 1 is 1.00 bits per heavy atom. The lowest BCUT2D eigenvalue weighted by Crippen LogP contribution is -2.39. The predicted octanol–water partition coefficient (Wildman–Crippen LogP) is 4.94. The number of ether oxygens (including phenoxy) is 1. The van der Waals surface area contributed by atoms with Gasteiger partial charge in [0.2, 0.25) is 5.78 Å². The van der Waals surface area contributed by atoms with Crippen LogP contribution in [-0.2, 0) is 0 Å². The number of carbonyl (C=O) groups is 1. The SMILES string of the molecule is CC(C)(Oc1c(F)cc(Cl)cc1F)C(=O)c1ccc(F)cc1F. The van der Waals surface area contributed by atoms with Gasteiger partial charge in [0.25, 0.3) is 0 Å². The Labute approximate surface area is 134 Å². The molecule has 0 spiro atoms. The highest BCUT2D eigenvalue weighted by molar-refractivity contribution is 6.30. The summed E-state index contributed by atoms with van der Waals surface area (Å²) in [6.07, 6.45) is 0. The first-order valence-corrected chi connectivity index (χ1v) is 6.83. The van der Waals surface area contributed by atoms with Crippen LogP contribution in [0, 0.1) is 23.3 Å². The van der Waals surface area contributed by atoms with Gasteiger partial charge in [0.15, 0.2) is 23.0 Å². The van der Waals surface area contributed by atoms with Crippen LogP contribution in [-0.4, -0.2) is 11.4 Å². The molecule has 0 fully saturated rings. The van der Waals surface area contributed by atoms with Crippen molar-refractivity contribution in [1.82, 2.24) is 0 Å². The Kier molecular flexibility index (Phi) is 4.66. The van der Waals surface area contributed by atoms with E-state index < -0.39 is 46.0 Å². The van der Waals surface area contributed by atoms with Gasteiger partial charge in [0.1, 0.15) is 11.6 Å². The van der Waals surface area contributed by atoms with E-state index in [2.05, 4.69) is 0 Å². The highest BCUT2D eigenvalue weighted by Crippen LogP contribution is 2.30. The smallest absolute Gasteiger partial charge is 0.208 e. The van der Waals surface area contributed by atoms with E-state index in [4.69, 9.17) is 16.3 Å². The molecule has 0 radical (unpaired) electrons. The zero-order valence-electron chi connectivity index (χ0n) is 12.1. The van der Waals surface area contributed by atoms with Gasteiger partial charge in [0, 0.05) is 11.1 Å². The van der Waals surface area contributed by atoms with Crippen molar-refractivity contribution in [1.29, 1.82) is 0 Å². The molecule has 0 saturated carbocycles. The molecule has 2 aromatic carbocycles. The topological polar surface area (TPSA) is 26.3 Å². The maximum absolute atomic E-state index is 13.8. The Hall–Kier alpha value is -2.08. The zero-order chi connectivity index (χ0) is 17.4. The number of hydrogen-bond acceptors (Lipinski definition) is 2. The van der Waals surface area contributed by atoms with Crippen molar-refractivity contribution < 1.29 is 27.1 Å². The normalized spacial score (nSPS) is 11.4. The molecule has 0 N–H and O–H groups in total. The molecule has 0 bridgehead atoms. The van der Waals surface area contributed by atoms with Crippen molar-refractivity contribution in [3.8, 4) is 5.75 Å². The van der Waals surface area contributed by atoms with Crippen LogP contribution in [0.3, 0.4) is 0 Å². The molecule has 0 heterocycles. The van der Waals surface area contributed by atoms with Gasteiger partial charge in [-0.05, 0) is 38.1 Å². The highest BCUT2D eigenvalue weighted by atomic mass is 35.5. The lowest BCUT2D eigenvalue weighted by molar-refractivity contribution is 0.0551. The molecule has 0 saturated heterocycles. The van der Waals surface area contributed by atoms with E-state index in [0.29, 0.717) is 6.07 Å². The molecule has 23 heavy (non-hydrogen) atoms. The summed E-state index contributed by atoms with van der Waals surface area (Å²) in [5, 5.41) is -0.180. The van der Waals surface area contributed by atoms with E-state index in [0.717, 1.165) is 24.3 Å². The number of hydrogen-bond donors (Lipinski definition) is 0. The molecule has 0 unspecified atom stereocenters. The molecular weight excluding hydrogens is 336 g/mol. The van der Waals surface area contributed by atoms with Gasteiger partial charge in [-0.1, -0.05) is 11.6 Å². The van der Waals surface area contributed by atoms with Crippen LogP contribution in [0.1, 0.15) is 24.2 Å². The van der Waals surface area contributed by atoms with Crippen LogP contribution in [0.4, 0.5) is 17.6 Å². The van der Waals surface area contributed by atoms with Crippen molar-refractivity contribution in [2.75, 3.05) is 0 Å². The third-order valence-electron chi connectivity index (χ3n) is 3.04. The lowest BCUT2D eigenvalue weighted by atomic mass is 9.96. The third kappa shape index (κ3) is 3.64. The quantitative estimate of drug-likeness (QED) is 0.579. The second-order valence-corrected chi connectivity index (χ2v) is 5.70. The summed E-state index contributed by atoms with van der Waals surface area (Å²) in [7, 11) is 0. The molecule has 0 aromatic heterocycles. The van der Waals surface area contributed by atoms with Crippen LogP contribution in [0.5, 0.6) is 5.75 Å². The van der Waals surface area contributed by atoms with E-state index in [1.165, 1.54) is 13.8 Å². The minimum atomic E-state index is -1.80. The fraction of sp³-hybridized carbons (Fsp3) is 0.188. The van der Waals surface area contributed by atoms with E-state index in [1.54, 1.807) is 0 Å². The van der Waals surface area contributed by atoms with Crippen LogP contribution in [0.15, 0.2) is 30.3 Å². The predicted molar refractivity (Wildman–Crippen MR) is 76.8 cm³/mol. The second kappa shape index (κ2) is 6.20. The van der Waals surface area contributed by atoms with Gasteiger partial charge in [-0.2, -0.15) is 0 Å². The van der Waals surface area contributed by atoms with Crippen LogP contribution < -0.4 is 4.74 Å². The van der Waals surface area contributed by atoms with Crippen LogP contribution >= 0.6 is 11.6 Å². The highest BCUT2D eigenvalue weighted by Gasteiger charge is 2.34. The van der Waals surface area contributed by atoms with Crippen molar-refractivity contribution in [3.63, 3.8) is 0 Å². The average Bonchev–Trinajstić information content (AvgIpc) is 2.42. The number of ketones is 1. The number of rotatable bonds is 4. The molecule has 0 aliphatic heterocycles. The molecule has 7 heteroatoms. The molecule has 122 valence electrons. The summed E-state index contributed by atoms with van der Waals surface area (Å²) in [5.74, 6) is -5.86. The molecule has 2 nitrogen and oxygen atoms in total. The number of Topliss-reactive ketones (excluding diaryl/α,β-unsaturated/α-hetero) is 1. The summed E-state index contributed by atoms with van der Waals surface area (Å²) in [5.41, 5.74) is -2.25. The Bertz CT molecular complexity index is 752. The second-order valence-electron chi connectivity index (χ2n) is 5.26. The van der Waals surface area contributed by atoms with Crippen molar-refractivity contribution >= 4 is 17.4 Å². The largest absolute Gasteiger partial charge is 0.474 e. The summed E-state index contributed by atoms with van der Waals surface area (Å²) in [6, 6.07) is 4.01. The number of halogens is 5. The minimum absolute atomic E-state index is 0.180. The van der Waals surface area contributed by atoms with Crippen molar-refractivity contribution in [2.24, 2.45) is 0 Å². The lowest BCUT2D eigenvalue weighted by Gasteiger charge is -2.25. The molecule has 0 aliphatic rings. The fourth-order valence-corrected chi connectivity index (χ4v) is 2.12. The molecular formula is C16H11ClF4O2. The van der Waals surface area contributed by atoms with Crippen LogP contribution in [0.2, 0.25) is 5.02 Å². The third-order valence-corrected chi connectivity index (χ3v) is 3.26. The first kappa shape index (κ1) is 17.3. The maximum Gasteiger partial charge on any atom is 0.208 e. The first-order chi connectivity index (χ1) is 10.6. The van der Waals surface area contributed by atoms with Gasteiger partial charge in [-0.25, -0.2) is 17.6 Å². The molecule has 0 atom stereocenters. The Morgan fingerprint density at radius 2 is 1.57 bits per heavy atom. The van der Waals surface area contributed by atoms with E-state index in [9.17, 15) is 22.4 Å². The zero-order valence-corrected chi connectivity index (χ0v) is 12.8. The van der Waals surface area contributed by atoms with Gasteiger partial charge in [-0.3, -0.25) is 4.79 Å². The van der Waals surface area contributed by atoms with Crippen LogP contribution in [0.25, 0.3) is 0 Å². The molecule has 2 aromatic rings. The van der Waals surface area contributed by atoms with Gasteiger partial charge in [-0.15, -0.1) is 0 Å². The van der Waals surface area contributed by atoms with Crippen molar-refractivity contribution in [2.45, 2.75) is 19.4 Å². The Balaban J connectivity index is 2.37. The summed E-state index contributed by atoms with van der Waals surface area (Å²) < 4.78 is 59.2. The monoisotopic (exact) mass is 346 g/mol.